The Hall–Kier alpha value is -1.10. The van der Waals surface area contributed by atoms with Gasteiger partial charge in [0, 0.05) is 12.1 Å². The lowest BCUT2D eigenvalue weighted by Gasteiger charge is -2.33. The van der Waals surface area contributed by atoms with Crippen LogP contribution in [0.15, 0.2) is 0 Å². The molecule has 0 bridgehead atoms. The summed E-state index contributed by atoms with van der Waals surface area (Å²) >= 11 is 0. The van der Waals surface area contributed by atoms with Crippen molar-refractivity contribution in [1.29, 1.82) is 0 Å². The highest BCUT2D eigenvalue weighted by atomic mass is 16.2. The third kappa shape index (κ3) is 9.77. The van der Waals surface area contributed by atoms with Gasteiger partial charge in [-0.15, -0.1) is 0 Å². The average Bonchev–Trinajstić information content (AvgIpc) is 2.35. The van der Waals surface area contributed by atoms with E-state index >= 15 is 0 Å². The van der Waals surface area contributed by atoms with Crippen molar-refractivity contribution in [1.82, 2.24) is 15.5 Å². The Morgan fingerprint density at radius 2 is 1.50 bits per heavy atom. The zero-order valence-corrected chi connectivity index (χ0v) is 15.5. The Bertz CT molecular complexity index is 355. The van der Waals surface area contributed by atoms with E-state index in [9.17, 15) is 9.59 Å². The van der Waals surface area contributed by atoms with Crippen LogP contribution in [0.2, 0.25) is 0 Å². The lowest BCUT2D eigenvalue weighted by molar-refractivity contribution is -0.140. The third-order valence-corrected chi connectivity index (χ3v) is 3.46. The smallest absolute Gasteiger partial charge is 0.309 e. The van der Waals surface area contributed by atoms with Gasteiger partial charge < -0.3 is 15.5 Å². The van der Waals surface area contributed by atoms with Gasteiger partial charge >= 0.3 is 11.8 Å². The van der Waals surface area contributed by atoms with Gasteiger partial charge in [-0.1, -0.05) is 34.6 Å². The molecule has 0 aliphatic carbocycles. The molecule has 0 aliphatic rings. The first kappa shape index (κ1) is 20.9. The number of carbonyl (C=O) groups excluding carboxylic acids is 2. The molecule has 2 amide bonds. The fourth-order valence-corrected chi connectivity index (χ4v) is 2.86. The van der Waals surface area contributed by atoms with Crippen LogP contribution in [-0.4, -0.2) is 48.4 Å². The molecule has 5 heteroatoms. The molecule has 0 unspecified atom stereocenters. The number of nitrogens with one attached hydrogen (secondary N) is 2. The summed E-state index contributed by atoms with van der Waals surface area (Å²) in [5.74, 6) is -1.08. The molecule has 5 nitrogen and oxygen atoms in total. The van der Waals surface area contributed by atoms with Gasteiger partial charge in [-0.25, -0.2) is 0 Å². The second-order valence-electron chi connectivity index (χ2n) is 7.71. The van der Waals surface area contributed by atoms with Crippen LogP contribution in [0, 0.1) is 5.41 Å². The van der Waals surface area contributed by atoms with E-state index in [1.54, 1.807) is 0 Å². The van der Waals surface area contributed by atoms with Gasteiger partial charge in [0.15, 0.2) is 0 Å². The van der Waals surface area contributed by atoms with Crippen LogP contribution in [0.3, 0.4) is 0 Å². The number of amides is 2. The summed E-state index contributed by atoms with van der Waals surface area (Å²) in [5, 5.41) is 5.52. The molecule has 0 saturated carbocycles. The number of nitrogens with zero attached hydrogens (tertiary/aromatic N) is 1. The van der Waals surface area contributed by atoms with Crippen molar-refractivity contribution in [2.75, 3.05) is 26.2 Å². The molecule has 0 aromatic carbocycles. The fourth-order valence-electron chi connectivity index (χ4n) is 2.86. The Morgan fingerprint density at radius 1 is 0.955 bits per heavy atom. The number of hydrogen-bond acceptors (Lipinski definition) is 3. The monoisotopic (exact) mass is 313 g/mol. The molecule has 0 atom stereocenters. The Balaban J connectivity index is 4.14. The van der Waals surface area contributed by atoms with Crippen LogP contribution in [0.1, 0.15) is 61.3 Å². The van der Waals surface area contributed by atoms with E-state index in [2.05, 4.69) is 50.2 Å². The van der Waals surface area contributed by atoms with Crippen LogP contribution < -0.4 is 10.6 Å². The molecule has 0 fully saturated rings. The van der Waals surface area contributed by atoms with Crippen LogP contribution >= 0.6 is 0 Å². The highest BCUT2D eigenvalue weighted by Gasteiger charge is 2.28. The number of hydrogen-bond donors (Lipinski definition) is 2. The van der Waals surface area contributed by atoms with Gasteiger partial charge in [-0.3, -0.25) is 9.59 Å². The molecule has 0 aromatic rings. The molecule has 0 heterocycles. The average molecular weight is 313 g/mol. The molecule has 2 N–H and O–H groups in total. The predicted octanol–water partition coefficient (Wildman–Crippen LogP) is 2.17. The van der Waals surface area contributed by atoms with E-state index in [0.29, 0.717) is 6.54 Å². The maximum atomic E-state index is 12.0. The second-order valence-corrected chi connectivity index (χ2v) is 7.71. The quantitative estimate of drug-likeness (QED) is 0.533. The second kappa shape index (κ2) is 9.13. The van der Waals surface area contributed by atoms with Crippen molar-refractivity contribution in [3.63, 3.8) is 0 Å². The maximum Gasteiger partial charge on any atom is 0.309 e. The summed E-state index contributed by atoms with van der Waals surface area (Å²) in [6.45, 7) is 18.0. The molecular weight excluding hydrogens is 278 g/mol. The molecular formula is C17H35N3O2. The largest absolute Gasteiger partial charge is 0.348 e. The highest BCUT2D eigenvalue weighted by molar-refractivity contribution is 6.35. The number of rotatable bonds is 8. The summed E-state index contributed by atoms with van der Waals surface area (Å²) in [6.07, 6.45) is 1.66. The normalized spacial score (nSPS) is 12.4. The van der Waals surface area contributed by atoms with E-state index in [0.717, 1.165) is 32.5 Å². The van der Waals surface area contributed by atoms with Gasteiger partial charge in [0.1, 0.15) is 0 Å². The van der Waals surface area contributed by atoms with E-state index in [-0.39, 0.29) is 5.41 Å². The van der Waals surface area contributed by atoms with Crippen molar-refractivity contribution in [2.45, 2.75) is 66.8 Å². The zero-order valence-electron chi connectivity index (χ0n) is 15.5. The molecule has 0 aliphatic heterocycles. The molecule has 0 spiro atoms. The van der Waals surface area contributed by atoms with Crippen molar-refractivity contribution in [3.05, 3.63) is 0 Å². The lowest BCUT2D eigenvalue weighted by Crippen LogP contribution is -2.51. The molecule has 0 rings (SSSR count). The number of carbonyl (C=O) groups is 2. The van der Waals surface area contributed by atoms with Crippen LogP contribution in [0.4, 0.5) is 0 Å². The van der Waals surface area contributed by atoms with Crippen molar-refractivity contribution < 1.29 is 9.59 Å². The lowest BCUT2D eigenvalue weighted by atomic mass is 9.82. The standard InChI is InChI=1S/C17H35N3O2/c1-8-20(9-2)12-10-11-18-14(21)15(22)19-17(6,7)13-16(3,4)5/h8-13H2,1-7H3,(H,18,21)(H,19,22). The van der Waals surface area contributed by atoms with E-state index < -0.39 is 17.4 Å². The Labute approximate surface area is 136 Å². The van der Waals surface area contributed by atoms with Crippen LogP contribution in [-0.2, 0) is 9.59 Å². The zero-order chi connectivity index (χ0) is 17.4. The molecule has 0 radical (unpaired) electrons. The summed E-state index contributed by atoms with van der Waals surface area (Å²) in [7, 11) is 0. The SMILES string of the molecule is CCN(CC)CCCNC(=O)C(=O)NC(C)(C)CC(C)(C)C. The molecule has 130 valence electrons. The minimum atomic E-state index is -0.544. The van der Waals surface area contributed by atoms with Gasteiger partial charge in [0.05, 0.1) is 0 Å². The van der Waals surface area contributed by atoms with E-state index in [1.165, 1.54) is 0 Å². The van der Waals surface area contributed by atoms with Gasteiger partial charge in [-0.05, 0) is 51.7 Å². The first-order chi connectivity index (χ1) is 10.0. The van der Waals surface area contributed by atoms with E-state index in [1.807, 2.05) is 13.8 Å². The van der Waals surface area contributed by atoms with Gasteiger partial charge in [0.25, 0.3) is 0 Å². The van der Waals surface area contributed by atoms with Crippen molar-refractivity contribution in [3.8, 4) is 0 Å². The summed E-state index contributed by atoms with van der Waals surface area (Å²) in [5.41, 5.74) is -0.301. The topological polar surface area (TPSA) is 61.4 Å². The van der Waals surface area contributed by atoms with Crippen LogP contribution in [0.5, 0.6) is 0 Å². The van der Waals surface area contributed by atoms with Crippen molar-refractivity contribution in [2.24, 2.45) is 5.41 Å². The predicted molar refractivity (Wildman–Crippen MR) is 91.7 cm³/mol. The Kier molecular flexibility index (Phi) is 8.68. The minimum absolute atomic E-state index is 0.0943. The van der Waals surface area contributed by atoms with Crippen LogP contribution in [0.25, 0.3) is 0 Å². The fraction of sp³-hybridized carbons (Fsp3) is 0.882. The maximum absolute atomic E-state index is 12.0. The highest BCUT2D eigenvalue weighted by Crippen LogP contribution is 2.26. The summed E-state index contributed by atoms with van der Waals surface area (Å²) in [4.78, 5) is 26.1. The first-order valence-corrected chi connectivity index (χ1v) is 8.33. The summed E-state index contributed by atoms with van der Waals surface area (Å²) < 4.78 is 0. The molecule has 0 aromatic heterocycles. The third-order valence-electron chi connectivity index (χ3n) is 3.46. The van der Waals surface area contributed by atoms with Crippen molar-refractivity contribution >= 4 is 11.8 Å². The summed E-state index contributed by atoms with van der Waals surface area (Å²) in [6, 6.07) is 0. The Morgan fingerprint density at radius 3 is 1.95 bits per heavy atom. The van der Waals surface area contributed by atoms with Gasteiger partial charge in [0.2, 0.25) is 0 Å². The van der Waals surface area contributed by atoms with E-state index in [4.69, 9.17) is 0 Å². The van der Waals surface area contributed by atoms with Gasteiger partial charge in [-0.2, -0.15) is 0 Å². The minimum Gasteiger partial charge on any atom is -0.348 e. The first-order valence-electron chi connectivity index (χ1n) is 8.33. The molecule has 22 heavy (non-hydrogen) atoms. The molecule has 0 saturated heterocycles.